The SMILES string of the molecule is C=CC(C)(O)CCC=C(C)CC1CC(C)CO1. The summed E-state index contributed by atoms with van der Waals surface area (Å²) in [6.45, 7) is 10.7. The molecule has 1 rings (SSSR count). The van der Waals surface area contributed by atoms with Crippen LogP contribution >= 0.6 is 0 Å². The van der Waals surface area contributed by atoms with Gasteiger partial charge in [-0.1, -0.05) is 24.6 Å². The molecule has 1 heterocycles. The normalized spacial score (nSPS) is 29.1. The first-order valence-electron chi connectivity index (χ1n) is 6.56. The van der Waals surface area contributed by atoms with Gasteiger partial charge < -0.3 is 9.84 Å². The van der Waals surface area contributed by atoms with Crippen molar-refractivity contribution in [3.8, 4) is 0 Å². The Morgan fingerprint density at radius 2 is 2.29 bits per heavy atom. The topological polar surface area (TPSA) is 29.5 Å². The van der Waals surface area contributed by atoms with Gasteiger partial charge in [0, 0.05) is 6.61 Å². The van der Waals surface area contributed by atoms with Crippen LogP contribution in [-0.2, 0) is 4.74 Å². The Kier molecular flexibility index (Phi) is 5.41. The number of hydrogen-bond donors (Lipinski definition) is 1. The van der Waals surface area contributed by atoms with Crippen LogP contribution in [0.3, 0.4) is 0 Å². The van der Waals surface area contributed by atoms with E-state index in [2.05, 4.69) is 26.5 Å². The van der Waals surface area contributed by atoms with Crippen molar-refractivity contribution >= 4 is 0 Å². The van der Waals surface area contributed by atoms with Crippen LogP contribution in [0.1, 0.15) is 46.5 Å². The van der Waals surface area contributed by atoms with E-state index >= 15 is 0 Å². The Morgan fingerprint density at radius 1 is 1.59 bits per heavy atom. The van der Waals surface area contributed by atoms with Crippen LogP contribution in [0.4, 0.5) is 0 Å². The number of ether oxygens (including phenoxy) is 1. The lowest BCUT2D eigenvalue weighted by atomic mass is 9.98. The largest absolute Gasteiger partial charge is 0.386 e. The van der Waals surface area contributed by atoms with Crippen molar-refractivity contribution in [2.45, 2.75) is 58.2 Å². The summed E-state index contributed by atoms with van der Waals surface area (Å²) in [5.74, 6) is 0.703. The Labute approximate surface area is 105 Å². The highest BCUT2D eigenvalue weighted by Gasteiger charge is 2.21. The van der Waals surface area contributed by atoms with Crippen molar-refractivity contribution < 1.29 is 9.84 Å². The van der Waals surface area contributed by atoms with Crippen LogP contribution < -0.4 is 0 Å². The summed E-state index contributed by atoms with van der Waals surface area (Å²) >= 11 is 0. The van der Waals surface area contributed by atoms with E-state index < -0.39 is 5.60 Å². The molecule has 0 aromatic carbocycles. The second kappa shape index (κ2) is 6.36. The molecule has 1 fully saturated rings. The van der Waals surface area contributed by atoms with E-state index in [4.69, 9.17) is 4.74 Å². The summed E-state index contributed by atoms with van der Waals surface area (Å²) in [4.78, 5) is 0. The molecule has 0 bridgehead atoms. The maximum atomic E-state index is 9.78. The summed E-state index contributed by atoms with van der Waals surface area (Å²) in [6.07, 6.45) is 8.06. The molecule has 2 nitrogen and oxygen atoms in total. The number of aliphatic hydroxyl groups is 1. The molecule has 0 amide bonds. The highest BCUT2D eigenvalue weighted by Crippen LogP contribution is 2.24. The van der Waals surface area contributed by atoms with Crippen molar-refractivity contribution in [2.24, 2.45) is 5.92 Å². The van der Waals surface area contributed by atoms with Crippen LogP contribution in [0.25, 0.3) is 0 Å². The third-order valence-electron chi connectivity index (χ3n) is 3.41. The summed E-state index contributed by atoms with van der Waals surface area (Å²) in [6, 6.07) is 0. The lowest BCUT2D eigenvalue weighted by Crippen LogP contribution is -2.19. The van der Waals surface area contributed by atoms with Gasteiger partial charge in [0.25, 0.3) is 0 Å². The second-order valence-corrected chi connectivity index (χ2v) is 5.65. The molecule has 3 atom stereocenters. The van der Waals surface area contributed by atoms with Gasteiger partial charge in [0.05, 0.1) is 11.7 Å². The zero-order valence-electron chi connectivity index (χ0n) is 11.4. The molecule has 0 spiro atoms. The number of rotatable bonds is 6. The van der Waals surface area contributed by atoms with Gasteiger partial charge in [-0.25, -0.2) is 0 Å². The standard InChI is InChI=1S/C15H26O2/c1-5-15(4,16)8-6-7-12(2)9-14-10-13(3)11-17-14/h5,7,13-14,16H,1,6,8-11H2,2-4H3. The zero-order valence-corrected chi connectivity index (χ0v) is 11.4. The Balaban J connectivity index is 2.27. The van der Waals surface area contributed by atoms with Crippen molar-refractivity contribution in [3.63, 3.8) is 0 Å². The van der Waals surface area contributed by atoms with Gasteiger partial charge in [0.1, 0.15) is 0 Å². The predicted molar refractivity (Wildman–Crippen MR) is 71.9 cm³/mol. The van der Waals surface area contributed by atoms with Crippen molar-refractivity contribution in [1.29, 1.82) is 0 Å². The molecule has 3 unspecified atom stereocenters. The summed E-state index contributed by atoms with van der Waals surface area (Å²) in [5, 5.41) is 9.78. The molecule has 1 N–H and O–H groups in total. The fourth-order valence-electron chi connectivity index (χ4n) is 2.18. The average Bonchev–Trinajstić information content (AvgIpc) is 2.63. The van der Waals surface area contributed by atoms with Crippen molar-refractivity contribution in [1.82, 2.24) is 0 Å². The maximum absolute atomic E-state index is 9.78. The van der Waals surface area contributed by atoms with E-state index in [0.717, 1.165) is 25.9 Å². The van der Waals surface area contributed by atoms with E-state index in [1.54, 1.807) is 13.0 Å². The molecule has 0 saturated carbocycles. The average molecular weight is 238 g/mol. The van der Waals surface area contributed by atoms with Gasteiger partial charge in [-0.2, -0.15) is 0 Å². The van der Waals surface area contributed by atoms with Crippen LogP contribution in [0.15, 0.2) is 24.3 Å². The molecule has 2 heteroatoms. The lowest BCUT2D eigenvalue weighted by molar-refractivity contribution is 0.103. The van der Waals surface area contributed by atoms with E-state index in [0.29, 0.717) is 12.0 Å². The predicted octanol–water partition coefficient (Wildman–Crippen LogP) is 3.47. The summed E-state index contributed by atoms with van der Waals surface area (Å²) in [7, 11) is 0. The molecule has 0 aromatic rings. The molecule has 17 heavy (non-hydrogen) atoms. The monoisotopic (exact) mass is 238 g/mol. The first-order valence-corrected chi connectivity index (χ1v) is 6.56. The molecule has 0 radical (unpaired) electrons. The highest BCUT2D eigenvalue weighted by atomic mass is 16.5. The van der Waals surface area contributed by atoms with Gasteiger partial charge >= 0.3 is 0 Å². The van der Waals surface area contributed by atoms with Gasteiger partial charge in [-0.3, -0.25) is 0 Å². The first-order chi connectivity index (χ1) is 7.93. The molecular formula is C15H26O2. The van der Waals surface area contributed by atoms with E-state index in [9.17, 15) is 5.11 Å². The number of hydrogen-bond acceptors (Lipinski definition) is 2. The van der Waals surface area contributed by atoms with Crippen LogP contribution in [0.2, 0.25) is 0 Å². The quantitative estimate of drug-likeness (QED) is 0.718. The van der Waals surface area contributed by atoms with Crippen LogP contribution in [-0.4, -0.2) is 23.4 Å². The van der Waals surface area contributed by atoms with E-state index in [-0.39, 0.29) is 0 Å². The second-order valence-electron chi connectivity index (χ2n) is 5.65. The molecule has 1 aliphatic rings. The molecule has 98 valence electrons. The van der Waals surface area contributed by atoms with Gasteiger partial charge in [0.2, 0.25) is 0 Å². The van der Waals surface area contributed by atoms with Crippen LogP contribution in [0.5, 0.6) is 0 Å². The van der Waals surface area contributed by atoms with E-state index in [1.165, 1.54) is 12.0 Å². The lowest BCUT2D eigenvalue weighted by Gasteiger charge is -2.17. The molecule has 0 aromatic heterocycles. The maximum Gasteiger partial charge on any atom is 0.0800 e. The van der Waals surface area contributed by atoms with E-state index in [1.807, 2.05) is 0 Å². The fraction of sp³-hybridized carbons (Fsp3) is 0.733. The number of allylic oxidation sites excluding steroid dienone is 1. The molecular weight excluding hydrogens is 212 g/mol. The minimum Gasteiger partial charge on any atom is -0.386 e. The third-order valence-corrected chi connectivity index (χ3v) is 3.41. The van der Waals surface area contributed by atoms with Crippen molar-refractivity contribution in [3.05, 3.63) is 24.3 Å². The Bertz CT molecular complexity index is 279. The zero-order chi connectivity index (χ0) is 12.9. The van der Waals surface area contributed by atoms with Gasteiger partial charge in [-0.05, 0) is 45.4 Å². The summed E-state index contributed by atoms with van der Waals surface area (Å²) in [5.41, 5.74) is 0.624. The third kappa shape index (κ3) is 5.51. The smallest absolute Gasteiger partial charge is 0.0800 e. The Morgan fingerprint density at radius 3 is 2.82 bits per heavy atom. The Hall–Kier alpha value is -0.600. The first kappa shape index (κ1) is 14.5. The molecule has 1 saturated heterocycles. The highest BCUT2D eigenvalue weighted by molar-refractivity contribution is 5.02. The molecule has 0 aliphatic carbocycles. The van der Waals surface area contributed by atoms with Gasteiger partial charge in [-0.15, -0.1) is 6.58 Å². The van der Waals surface area contributed by atoms with Crippen LogP contribution in [0, 0.1) is 5.92 Å². The summed E-state index contributed by atoms with van der Waals surface area (Å²) < 4.78 is 5.70. The minimum atomic E-state index is -0.741. The fourth-order valence-corrected chi connectivity index (χ4v) is 2.18. The minimum absolute atomic E-state index is 0.404. The molecule has 1 aliphatic heterocycles. The van der Waals surface area contributed by atoms with Crippen molar-refractivity contribution in [2.75, 3.05) is 6.61 Å². The van der Waals surface area contributed by atoms with Gasteiger partial charge in [0.15, 0.2) is 0 Å².